The molecule has 0 bridgehead atoms. The Hall–Kier alpha value is -1.35. The zero-order chi connectivity index (χ0) is 12.7. The Morgan fingerprint density at radius 3 is 2.65 bits per heavy atom. The molecule has 1 unspecified atom stereocenters. The van der Waals surface area contributed by atoms with Gasteiger partial charge in [0.2, 0.25) is 0 Å². The van der Waals surface area contributed by atoms with Gasteiger partial charge in [0.25, 0.3) is 0 Å². The molecule has 1 aromatic carbocycles. The Morgan fingerprint density at radius 1 is 1.29 bits per heavy atom. The second-order valence-corrected chi connectivity index (χ2v) is 3.81. The standard InChI is InChI=1S/C14H20O3/c1-4-10-17-13-9-7-6-8-12(13)14(15)11(3)16-5-2/h6-9,11H,4-5,10H2,1-3H3. The van der Waals surface area contributed by atoms with Gasteiger partial charge >= 0.3 is 0 Å². The van der Waals surface area contributed by atoms with Crippen molar-refractivity contribution in [3.05, 3.63) is 29.8 Å². The molecule has 1 aromatic rings. The molecule has 1 rings (SSSR count). The lowest BCUT2D eigenvalue weighted by molar-refractivity contribution is 0.0517. The van der Waals surface area contributed by atoms with Crippen LogP contribution in [0.2, 0.25) is 0 Å². The van der Waals surface area contributed by atoms with Crippen LogP contribution in [0.3, 0.4) is 0 Å². The third kappa shape index (κ3) is 3.86. The number of ether oxygens (including phenoxy) is 2. The molecule has 0 radical (unpaired) electrons. The molecule has 0 amide bonds. The lowest BCUT2D eigenvalue weighted by Crippen LogP contribution is -2.21. The Labute approximate surface area is 103 Å². The molecule has 0 aliphatic carbocycles. The Morgan fingerprint density at radius 2 is 2.00 bits per heavy atom. The number of benzene rings is 1. The van der Waals surface area contributed by atoms with Crippen LogP contribution in [0, 0.1) is 0 Å². The summed E-state index contributed by atoms with van der Waals surface area (Å²) in [6.07, 6.45) is 0.496. The monoisotopic (exact) mass is 236 g/mol. The van der Waals surface area contributed by atoms with Crippen LogP contribution in [0.4, 0.5) is 0 Å². The van der Waals surface area contributed by atoms with Crippen LogP contribution in [0.1, 0.15) is 37.6 Å². The van der Waals surface area contributed by atoms with Gasteiger partial charge < -0.3 is 9.47 Å². The van der Waals surface area contributed by atoms with Gasteiger partial charge in [-0.15, -0.1) is 0 Å². The average Bonchev–Trinajstić information content (AvgIpc) is 2.36. The number of ketones is 1. The summed E-state index contributed by atoms with van der Waals surface area (Å²) in [4.78, 5) is 12.1. The first-order chi connectivity index (χ1) is 8.20. The first kappa shape index (κ1) is 13.7. The minimum atomic E-state index is -0.425. The minimum Gasteiger partial charge on any atom is -0.493 e. The van der Waals surface area contributed by atoms with Gasteiger partial charge in [0, 0.05) is 6.61 Å². The van der Waals surface area contributed by atoms with Crippen molar-refractivity contribution in [3.63, 3.8) is 0 Å². The molecule has 0 spiro atoms. The Balaban J connectivity index is 2.84. The maximum absolute atomic E-state index is 12.1. The van der Waals surface area contributed by atoms with Crippen LogP contribution < -0.4 is 4.74 Å². The van der Waals surface area contributed by atoms with Gasteiger partial charge in [-0.2, -0.15) is 0 Å². The predicted molar refractivity (Wildman–Crippen MR) is 67.6 cm³/mol. The van der Waals surface area contributed by atoms with E-state index in [0.717, 1.165) is 6.42 Å². The summed E-state index contributed by atoms with van der Waals surface area (Å²) < 4.78 is 10.9. The third-order valence-electron chi connectivity index (χ3n) is 2.40. The van der Waals surface area contributed by atoms with Gasteiger partial charge in [0.05, 0.1) is 12.2 Å². The van der Waals surface area contributed by atoms with Gasteiger partial charge in [-0.1, -0.05) is 19.1 Å². The zero-order valence-corrected chi connectivity index (χ0v) is 10.7. The Kier molecular flexibility index (Phi) is 5.70. The summed E-state index contributed by atoms with van der Waals surface area (Å²) in [7, 11) is 0. The van der Waals surface area contributed by atoms with Gasteiger partial charge in [-0.05, 0) is 32.4 Å². The van der Waals surface area contributed by atoms with Crippen molar-refractivity contribution in [1.82, 2.24) is 0 Å². The molecule has 0 aliphatic heterocycles. The van der Waals surface area contributed by atoms with Gasteiger partial charge in [-0.25, -0.2) is 0 Å². The summed E-state index contributed by atoms with van der Waals surface area (Å²) in [6.45, 7) is 6.83. The third-order valence-corrected chi connectivity index (χ3v) is 2.40. The van der Waals surface area contributed by atoms with Gasteiger partial charge in [-0.3, -0.25) is 4.79 Å². The molecule has 0 saturated carbocycles. The van der Waals surface area contributed by atoms with Crippen LogP contribution in [0.25, 0.3) is 0 Å². The first-order valence-electron chi connectivity index (χ1n) is 6.08. The zero-order valence-electron chi connectivity index (χ0n) is 10.7. The topological polar surface area (TPSA) is 35.5 Å². The predicted octanol–water partition coefficient (Wildman–Crippen LogP) is 3.08. The highest BCUT2D eigenvalue weighted by Crippen LogP contribution is 2.20. The molecule has 0 saturated heterocycles. The summed E-state index contributed by atoms with van der Waals surface area (Å²) >= 11 is 0. The molecule has 17 heavy (non-hydrogen) atoms. The summed E-state index contributed by atoms with van der Waals surface area (Å²) in [6, 6.07) is 7.31. The molecule has 1 atom stereocenters. The van der Waals surface area contributed by atoms with E-state index in [1.54, 1.807) is 13.0 Å². The lowest BCUT2D eigenvalue weighted by atomic mass is 10.1. The van der Waals surface area contributed by atoms with E-state index < -0.39 is 6.10 Å². The van der Waals surface area contributed by atoms with E-state index in [0.29, 0.717) is 24.5 Å². The fraction of sp³-hybridized carbons (Fsp3) is 0.500. The van der Waals surface area contributed by atoms with Crippen molar-refractivity contribution in [2.45, 2.75) is 33.3 Å². The van der Waals surface area contributed by atoms with E-state index >= 15 is 0 Å². The number of para-hydroxylation sites is 1. The maximum Gasteiger partial charge on any atom is 0.194 e. The minimum absolute atomic E-state index is 0.0291. The number of rotatable bonds is 7. The highest BCUT2D eigenvalue weighted by Gasteiger charge is 2.18. The van der Waals surface area contributed by atoms with E-state index in [-0.39, 0.29) is 5.78 Å². The second-order valence-electron chi connectivity index (χ2n) is 3.81. The summed E-state index contributed by atoms with van der Waals surface area (Å²) in [5, 5.41) is 0. The van der Waals surface area contributed by atoms with E-state index in [9.17, 15) is 4.79 Å². The van der Waals surface area contributed by atoms with Crippen LogP contribution in [0.15, 0.2) is 24.3 Å². The van der Waals surface area contributed by atoms with Gasteiger partial charge in [0.1, 0.15) is 11.9 Å². The van der Waals surface area contributed by atoms with E-state index in [1.165, 1.54) is 0 Å². The molecule has 3 nitrogen and oxygen atoms in total. The SMILES string of the molecule is CCCOc1ccccc1C(=O)C(C)OCC. The number of hydrogen-bond donors (Lipinski definition) is 0. The quantitative estimate of drug-likeness (QED) is 0.682. The Bertz CT molecular complexity index is 360. The molecule has 0 aliphatic rings. The number of Topliss-reactive ketones (excluding diaryl/α,β-unsaturated/α-hetero) is 1. The van der Waals surface area contributed by atoms with Crippen LogP contribution in [-0.2, 0) is 4.74 Å². The molecule has 0 N–H and O–H groups in total. The van der Waals surface area contributed by atoms with E-state index in [4.69, 9.17) is 9.47 Å². The number of carbonyl (C=O) groups excluding carboxylic acids is 1. The van der Waals surface area contributed by atoms with Crippen molar-refractivity contribution in [1.29, 1.82) is 0 Å². The highest BCUT2D eigenvalue weighted by atomic mass is 16.5. The fourth-order valence-electron chi connectivity index (χ4n) is 1.55. The smallest absolute Gasteiger partial charge is 0.194 e. The van der Waals surface area contributed by atoms with Crippen LogP contribution >= 0.6 is 0 Å². The van der Waals surface area contributed by atoms with Crippen LogP contribution in [-0.4, -0.2) is 25.1 Å². The molecule has 0 heterocycles. The molecule has 3 heteroatoms. The number of carbonyl (C=O) groups is 1. The number of hydrogen-bond acceptors (Lipinski definition) is 3. The second kappa shape index (κ2) is 7.07. The molecular formula is C14H20O3. The van der Waals surface area contributed by atoms with Crippen molar-refractivity contribution in [2.24, 2.45) is 0 Å². The average molecular weight is 236 g/mol. The highest BCUT2D eigenvalue weighted by molar-refractivity contribution is 6.01. The molecule has 0 aromatic heterocycles. The molecular weight excluding hydrogens is 216 g/mol. The lowest BCUT2D eigenvalue weighted by Gasteiger charge is -2.14. The maximum atomic E-state index is 12.1. The van der Waals surface area contributed by atoms with Crippen molar-refractivity contribution >= 4 is 5.78 Å². The molecule has 0 fully saturated rings. The summed E-state index contributed by atoms with van der Waals surface area (Å²) in [5.74, 6) is 0.615. The summed E-state index contributed by atoms with van der Waals surface area (Å²) in [5.41, 5.74) is 0.599. The fourth-order valence-corrected chi connectivity index (χ4v) is 1.55. The van der Waals surface area contributed by atoms with Crippen molar-refractivity contribution in [2.75, 3.05) is 13.2 Å². The van der Waals surface area contributed by atoms with Crippen LogP contribution in [0.5, 0.6) is 5.75 Å². The molecule has 94 valence electrons. The first-order valence-corrected chi connectivity index (χ1v) is 6.08. The normalized spacial score (nSPS) is 12.2. The van der Waals surface area contributed by atoms with E-state index in [1.807, 2.05) is 32.0 Å². The van der Waals surface area contributed by atoms with Gasteiger partial charge in [0.15, 0.2) is 5.78 Å². The largest absolute Gasteiger partial charge is 0.493 e. The van der Waals surface area contributed by atoms with Crippen molar-refractivity contribution in [3.8, 4) is 5.75 Å². The van der Waals surface area contributed by atoms with E-state index in [2.05, 4.69) is 0 Å². The van der Waals surface area contributed by atoms with Crippen molar-refractivity contribution < 1.29 is 14.3 Å².